The molecule has 1 N–H and O–H groups in total. The number of nitrogens with zero attached hydrogens (tertiary/aromatic N) is 3. The van der Waals surface area contributed by atoms with Crippen LogP contribution in [0.2, 0.25) is 0 Å². The number of hydrogen-bond donors (Lipinski definition) is 1. The Morgan fingerprint density at radius 3 is 2.16 bits per heavy atom. The van der Waals surface area contributed by atoms with Gasteiger partial charge < -0.3 is 5.32 Å². The van der Waals surface area contributed by atoms with E-state index in [0.29, 0.717) is 30.2 Å². The van der Waals surface area contributed by atoms with Gasteiger partial charge in [-0.05, 0) is 23.8 Å². The van der Waals surface area contributed by atoms with E-state index < -0.39 is 10.0 Å². The molecule has 2 aromatic carbocycles. The molecule has 1 amide bonds. The van der Waals surface area contributed by atoms with Gasteiger partial charge in [0, 0.05) is 24.7 Å². The summed E-state index contributed by atoms with van der Waals surface area (Å²) in [7, 11) is -3.50. The molecular weight excluding hydrogens is 412 g/mol. The monoisotopic (exact) mass is 436 g/mol. The number of anilines is 1. The number of carbonyl (C=O) groups excluding carboxylic acids is 1. The zero-order valence-corrected chi connectivity index (χ0v) is 18.2. The molecule has 0 spiro atoms. The van der Waals surface area contributed by atoms with E-state index in [1.165, 1.54) is 10.4 Å². The van der Waals surface area contributed by atoms with Crippen molar-refractivity contribution in [1.82, 2.24) is 14.3 Å². The van der Waals surface area contributed by atoms with Gasteiger partial charge in [-0.1, -0.05) is 56.3 Å². The Labute approximate surface area is 182 Å². The molecule has 0 aliphatic rings. The molecule has 0 saturated heterocycles. The van der Waals surface area contributed by atoms with Crippen molar-refractivity contribution in [2.45, 2.75) is 18.7 Å². The first-order valence-electron chi connectivity index (χ1n) is 9.90. The van der Waals surface area contributed by atoms with Gasteiger partial charge in [0.2, 0.25) is 15.9 Å². The third-order valence-electron chi connectivity index (χ3n) is 4.60. The molecule has 0 atom stereocenters. The van der Waals surface area contributed by atoms with E-state index in [2.05, 4.69) is 15.3 Å². The lowest BCUT2D eigenvalue weighted by molar-refractivity contribution is -0.111. The standard InChI is InChI=1S/C23H24N4O3S/c1-3-27(4-2)31(29,30)21-13-10-18(11-14-21)12-15-22(28)26-20-16-24-23(25-17-20)19-8-6-5-7-9-19/h5-17H,3-4H2,1-2H3,(H,26,28)/b15-12+. The van der Waals surface area contributed by atoms with Crippen molar-refractivity contribution in [3.05, 3.63) is 78.6 Å². The summed E-state index contributed by atoms with van der Waals surface area (Å²) in [6.07, 6.45) is 6.09. The van der Waals surface area contributed by atoms with Gasteiger partial charge in [-0.2, -0.15) is 4.31 Å². The molecule has 0 aliphatic carbocycles. The first-order chi connectivity index (χ1) is 14.9. The van der Waals surface area contributed by atoms with Gasteiger partial charge in [-0.25, -0.2) is 18.4 Å². The van der Waals surface area contributed by atoms with E-state index in [4.69, 9.17) is 0 Å². The van der Waals surface area contributed by atoms with E-state index >= 15 is 0 Å². The van der Waals surface area contributed by atoms with E-state index in [1.54, 1.807) is 56.6 Å². The maximum atomic E-state index is 12.5. The number of aromatic nitrogens is 2. The zero-order chi connectivity index (χ0) is 22.3. The summed E-state index contributed by atoms with van der Waals surface area (Å²) in [5.41, 5.74) is 2.09. The van der Waals surface area contributed by atoms with Gasteiger partial charge in [0.15, 0.2) is 5.82 Å². The molecule has 0 unspecified atom stereocenters. The first-order valence-corrected chi connectivity index (χ1v) is 11.3. The predicted octanol–water partition coefficient (Wildman–Crippen LogP) is 3.83. The van der Waals surface area contributed by atoms with Gasteiger partial charge in [0.1, 0.15) is 0 Å². The number of hydrogen-bond acceptors (Lipinski definition) is 5. The van der Waals surface area contributed by atoms with Crippen LogP contribution >= 0.6 is 0 Å². The van der Waals surface area contributed by atoms with Crippen LogP contribution in [-0.4, -0.2) is 41.7 Å². The highest BCUT2D eigenvalue weighted by Gasteiger charge is 2.20. The number of carbonyl (C=O) groups is 1. The zero-order valence-electron chi connectivity index (χ0n) is 17.4. The molecule has 0 bridgehead atoms. The van der Waals surface area contributed by atoms with Crippen LogP contribution in [0.15, 0.2) is 78.0 Å². The largest absolute Gasteiger partial charge is 0.320 e. The minimum absolute atomic E-state index is 0.230. The molecule has 1 aromatic heterocycles. The summed E-state index contributed by atoms with van der Waals surface area (Å²) in [6.45, 7) is 4.43. The molecule has 3 aromatic rings. The van der Waals surface area contributed by atoms with Gasteiger partial charge >= 0.3 is 0 Å². The highest BCUT2D eigenvalue weighted by atomic mass is 32.2. The van der Waals surface area contributed by atoms with E-state index in [0.717, 1.165) is 5.56 Å². The molecule has 7 nitrogen and oxygen atoms in total. The third kappa shape index (κ3) is 5.62. The SMILES string of the molecule is CCN(CC)S(=O)(=O)c1ccc(/C=C/C(=O)Nc2cnc(-c3ccccc3)nc2)cc1. The molecule has 3 rings (SSSR count). The van der Waals surface area contributed by atoms with Gasteiger partial charge in [-0.3, -0.25) is 4.79 Å². The molecule has 8 heteroatoms. The fourth-order valence-corrected chi connectivity index (χ4v) is 4.41. The Bertz CT molecular complexity index is 1140. The fourth-order valence-electron chi connectivity index (χ4n) is 2.95. The second kappa shape index (κ2) is 10.1. The molecule has 0 saturated carbocycles. The van der Waals surface area contributed by atoms with E-state index in [-0.39, 0.29) is 10.8 Å². The van der Waals surface area contributed by atoms with Crippen molar-refractivity contribution >= 4 is 27.7 Å². The summed E-state index contributed by atoms with van der Waals surface area (Å²) >= 11 is 0. The number of rotatable bonds is 8. The van der Waals surface area contributed by atoms with Crippen LogP contribution < -0.4 is 5.32 Å². The van der Waals surface area contributed by atoms with Crippen LogP contribution in [0.5, 0.6) is 0 Å². The molecule has 0 radical (unpaired) electrons. The van der Waals surface area contributed by atoms with Crippen LogP contribution in [0.3, 0.4) is 0 Å². The van der Waals surface area contributed by atoms with Crippen molar-refractivity contribution in [2.24, 2.45) is 0 Å². The molecule has 31 heavy (non-hydrogen) atoms. The average Bonchev–Trinajstić information content (AvgIpc) is 2.80. The third-order valence-corrected chi connectivity index (χ3v) is 6.67. The minimum Gasteiger partial charge on any atom is -0.320 e. The lowest BCUT2D eigenvalue weighted by Crippen LogP contribution is -2.30. The average molecular weight is 437 g/mol. The Morgan fingerprint density at radius 1 is 0.968 bits per heavy atom. The van der Waals surface area contributed by atoms with Crippen molar-refractivity contribution in [3.63, 3.8) is 0 Å². The number of amides is 1. The number of nitrogens with one attached hydrogen (secondary N) is 1. The first kappa shape index (κ1) is 22.3. The summed E-state index contributed by atoms with van der Waals surface area (Å²) < 4.78 is 26.4. The van der Waals surface area contributed by atoms with Crippen LogP contribution in [0.1, 0.15) is 19.4 Å². The Morgan fingerprint density at radius 2 is 1.58 bits per heavy atom. The van der Waals surface area contributed by atoms with Crippen LogP contribution in [-0.2, 0) is 14.8 Å². The van der Waals surface area contributed by atoms with Crippen LogP contribution in [0.4, 0.5) is 5.69 Å². The lowest BCUT2D eigenvalue weighted by atomic mass is 10.2. The highest BCUT2D eigenvalue weighted by molar-refractivity contribution is 7.89. The highest BCUT2D eigenvalue weighted by Crippen LogP contribution is 2.17. The van der Waals surface area contributed by atoms with Crippen molar-refractivity contribution in [1.29, 1.82) is 0 Å². The normalized spacial score (nSPS) is 11.7. The summed E-state index contributed by atoms with van der Waals surface area (Å²) in [6, 6.07) is 16.0. The topological polar surface area (TPSA) is 92.3 Å². The fraction of sp³-hybridized carbons (Fsp3) is 0.174. The summed E-state index contributed by atoms with van der Waals surface area (Å²) in [4.78, 5) is 20.9. The van der Waals surface area contributed by atoms with E-state index in [9.17, 15) is 13.2 Å². The van der Waals surface area contributed by atoms with Gasteiger partial charge in [0.25, 0.3) is 0 Å². The van der Waals surface area contributed by atoms with Crippen LogP contribution in [0.25, 0.3) is 17.5 Å². The maximum absolute atomic E-state index is 12.5. The molecule has 1 heterocycles. The lowest BCUT2D eigenvalue weighted by Gasteiger charge is -2.18. The summed E-state index contributed by atoms with van der Waals surface area (Å²) in [5, 5.41) is 2.70. The number of benzene rings is 2. The maximum Gasteiger partial charge on any atom is 0.248 e. The van der Waals surface area contributed by atoms with Gasteiger partial charge in [0.05, 0.1) is 23.0 Å². The molecule has 160 valence electrons. The molecular formula is C23H24N4O3S. The van der Waals surface area contributed by atoms with Crippen molar-refractivity contribution in [3.8, 4) is 11.4 Å². The van der Waals surface area contributed by atoms with E-state index in [1.807, 2.05) is 30.3 Å². The van der Waals surface area contributed by atoms with Crippen molar-refractivity contribution < 1.29 is 13.2 Å². The second-order valence-corrected chi connectivity index (χ2v) is 8.58. The van der Waals surface area contributed by atoms with Crippen molar-refractivity contribution in [2.75, 3.05) is 18.4 Å². The number of sulfonamides is 1. The minimum atomic E-state index is -3.50. The molecule has 0 fully saturated rings. The predicted molar refractivity (Wildman–Crippen MR) is 122 cm³/mol. The second-order valence-electron chi connectivity index (χ2n) is 6.64. The van der Waals surface area contributed by atoms with Gasteiger partial charge in [-0.15, -0.1) is 0 Å². The summed E-state index contributed by atoms with van der Waals surface area (Å²) in [5.74, 6) is 0.241. The van der Waals surface area contributed by atoms with Crippen LogP contribution in [0, 0.1) is 0 Å². The smallest absolute Gasteiger partial charge is 0.248 e. The Hall–Kier alpha value is -3.36. The Balaban J connectivity index is 1.62. The quantitative estimate of drug-likeness (QED) is 0.542. The Kier molecular flexibility index (Phi) is 7.28. The molecule has 0 aliphatic heterocycles.